The van der Waals surface area contributed by atoms with Crippen molar-refractivity contribution in [3.63, 3.8) is 0 Å². The second-order valence-electron chi connectivity index (χ2n) is 4.02. The van der Waals surface area contributed by atoms with Crippen molar-refractivity contribution in [2.45, 2.75) is 0 Å². The Morgan fingerprint density at radius 1 is 0.700 bits per heavy atom. The molecule has 2 N–H and O–H groups in total. The fourth-order valence-electron chi connectivity index (χ4n) is 1.73. The monoisotopic (exact) mass is 275 g/mol. The minimum atomic E-state index is 0.481. The molecule has 5 heteroatoms. The van der Waals surface area contributed by atoms with Crippen molar-refractivity contribution in [1.82, 2.24) is 0 Å². The molecule has 0 atom stereocenters. The van der Waals surface area contributed by atoms with Crippen LogP contribution < -0.4 is 24.7 Å². The second kappa shape index (κ2) is 6.06. The molecule has 0 saturated heterocycles. The zero-order chi connectivity index (χ0) is 14.5. The fourth-order valence-corrected chi connectivity index (χ4v) is 1.73. The van der Waals surface area contributed by atoms with Crippen LogP contribution in [0.1, 0.15) is 0 Å². The van der Waals surface area contributed by atoms with Crippen LogP contribution in [0.2, 0.25) is 0 Å². The number of rotatable bonds is 5. The van der Waals surface area contributed by atoms with Gasteiger partial charge in [-0.25, -0.2) is 0 Å². The number of nitrogens with two attached hydrogens (primary N) is 1. The van der Waals surface area contributed by atoms with E-state index in [4.69, 9.17) is 24.7 Å². The minimum Gasteiger partial charge on any atom is -0.497 e. The summed E-state index contributed by atoms with van der Waals surface area (Å²) in [5, 5.41) is 0. The topological polar surface area (TPSA) is 62.9 Å². The molecule has 0 aliphatic carbocycles. The molecule has 5 nitrogen and oxygen atoms in total. The Kier molecular flexibility index (Phi) is 4.20. The quantitative estimate of drug-likeness (QED) is 0.849. The molecule has 2 rings (SSSR count). The molecule has 106 valence electrons. The van der Waals surface area contributed by atoms with Crippen LogP contribution in [0.5, 0.6) is 28.7 Å². The normalized spacial score (nSPS) is 9.95. The highest BCUT2D eigenvalue weighted by atomic mass is 16.5. The van der Waals surface area contributed by atoms with E-state index in [0.717, 1.165) is 0 Å². The van der Waals surface area contributed by atoms with E-state index in [-0.39, 0.29) is 0 Å². The van der Waals surface area contributed by atoms with E-state index in [1.54, 1.807) is 57.7 Å². The van der Waals surface area contributed by atoms with Crippen molar-refractivity contribution in [2.24, 2.45) is 0 Å². The zero-order valence-electron chi connectivity index (χ0n) is 11.7. The summed E-state index contributed by atoms with van der Waals surface area (Å²) in [4.78, 5) is 0. The van der Waals surface area contributed by atoms with Crippen LogP contribution in [-0.2, 0) is 0 Å². The number of hydrogen-bond donors (Lipinski definition) is 1. The number of methoxy groups -OCH3 is 3. The third-order valence-corrected chi connectivity index (χ3v) is 2.81. The number of hydrogen-bond acceptors (Lipinski definition) is 5. The molecule has 0 aliphatic rings. The molecule has 0 radical (unpaired) electrons. The molecule has 0 aromatic heterocycles. The summed E-state index contributed by atoms with van der Waals surface area (Å²) >= 11 is 0. The van der Waals surface area contributed by atoms with Gasteiger partial charge in [0, 0.05) is 12.1 Å². The maximum absolute atomic E-state index is 5.93. The molecule has 20 heavy (non-hydrogen) atoms. The van der Waals surface area contributed by atoms with Gasteiger partial charge in [0.25, 0.3) is 0 Å². The largest absolute Gasteiger partial charge is 0.497 e. The molecule has 0 unspecified atom stereocenters. The molecule has 2 aromatic carbocycles. The Bertz CT molecular complexity index is 598. The van der Waals surface area contributed by atoms with Crippen molar-refractivity contribution in [3.05, 3.63) is 36.4 Å². The highest BCUT2D eigenvalue weighted by Gasteiger charge is 2.10. The molecule has 0 heterocycles. The van der Waals surface area contributed by atoms with Crippen molar-refractivity contribution >= 4 is 5.69 Å². The summed E-state index contributed by atoms with van der Waals surface area (Å²) in [5.41, 5.74) is 6.41. The number of benzene rings is 2. The first-order chi connectivity index (χ1) is 9.67. The van der Waals surface area contributed by atoms with Gasteiger partial charge in [0.15, 0.2) is 17.2 Å². The van der Waals surface area contributed by atoms with E-state index in [1.807, 2.05) is 0 Å². The van der Waals surface area contributed by atoms with E-state index < -0.39 is 0 Å². The summed E-state index contributed by atoms with van der Waals surface area (Å²) in [6, 6.07) is 10.5. The third-order valence-electron chi connectivity index (χ3n) is 2.81. The molecule has 0 bridgehead atoms. The highest BCUT2D eigenvalue weighted by Crippen LogP contribution is 2.37. The molecule has 0 fully saturated rings. The van der Waals surface area contributed by atoms with E-state index >= 15 is 0 Å². The van der Waals surface area contributed by atoms with Gasteiger partial charge in [0.05, 0.1) is 27.0 Å². The first kappa shape index (κ1) is 13.9. The smallest absolute Gasteiger partial charge is 0.173 e. The van der Waals surface area contributed by atoms with Crippen LogP contribution in [0.4, 0.5) is 5.69 Å². The second-order valence-corrected chi connectivity index (χ2v) is 4.02. The van der Waals surface area contributed by atoms with Gasteiger partial charge in [-0.3, -0.25) is 0 Å². The van der Waals surface area contributed by atoms with Crippen molar-refractivity contribution in [3.8, 4) is 28.7 Å². The third kappa shape index (κ3) is 2.88. The fraction of sp³-hybridized carbons (Fsp3) is 0.200. The Hall–Kier alpha value is -2.56. The van der Waals surface area contributed by atoms with Crippen LogP contribution in [0.15, 0.2) is 36.4 Å². The SMILES string of the molecule is COc1ccc(Oc2cc(OC)ccc2OC)c(N)c1. The number of nitrogen functional groups attached to an aromatic ring is 1. The van der Waals surface area contributed by atoms with Crippen LogP contribution in [0, 0.1) is 0 Å². The summed E-state index contributed by atoms with van der Waals surface area (Å²) in [7, 11) is 4.75. The summed E-state index contributed by atoms with van der Waals surface area (Å²) in [6.45, 7) is 0. The maximum Gasteiger partial charge on any atom is 0.173 e. The molecule has 0 aliphatic heterocycles. The lowest BCUT2D eigenvalue weighted by molar-refractivity contribution is 0.371. The summed E-state index contributed by atoms with van der Waals surface area (Å²) in [5.74, 6) is 3.00. The van der Waals surface area contributed by atoms with Crippen LogP contribution in [0.25, 0.3) is 0 Å². The Morgan fingerprint density at radius 2 is 1.30 bits per heavy atom. The highest BCUT2D eigenvalue weighted by molar-refractivity contribution is 5.59. The number of anilines is 1. The van der Waals surface area contributed by atoms with Gasteiger partial charge in [0.1, 0.15) is 11.5 Å². The van der Waals surface area contributed by atoms with Gasteiger partial charge in [-0.05, 0) is 24.3 Å². The Morgan fingerprint density at radius 3 is 1.85 bits per heavy atom. The van der Waals surface area contributed by atoms with Gasteiger partial charge in [0.2, 0.25) is 0 Å². The minimum absolute atomic E-state index is 0.481. The van der Waals surface area contributed by atoms with Gasteiger partial charge < -0.3 is 24.7 Å². The van der Waals surface area contributed by atoms with E-state index in [9.17, 15) is 0 Å². The molecular formula is C15H17NO4. The summed E-state index contributed by atoms with van der Waals surface area (Å²) in [6.07, 6.45) is 0. The first-order valence-electron chi connectivity index (χ1n) is 6.01. The first-order valence-corrected chi connectivity index (χ1v) is 6.01. The van der Waals surface area contributed by atoms with E-state index in [1.165, 1.54) is 0 Å². The zero-order valence-corrected chi connectivity index (χ0v) is 11.7. The lowest BCUT2D eigenvalue weighted by Gasteiger charge is -2.13. The average Bonchev–Trinajstić information content (AvgIpc) is 2.49. The summed E-state index contributed by atoms with van der Waals surface area (Å²) < 4.78 is 21.3. The lowest BCUT2D eigenvalue weighted by atomic mass is 10.2. The van der Waals surface area contributed by atoms with E-state index in [2.05, 4.69) is 0 Å². The van der Waals surface area contributed by atoms with Crippen LogP contribution in [-0.4, -0.2) is 21.3 Å². The van der Waals surface area contributed by atoms with Gasteiger partial charge in [-0.1, -0.05) is 0 Å². The average molecular weight is 275 g/mol. The maximum atomic E-state index is 5.93. The standard InChI is InChI=1S/C15H17NO4/c1-17-10-4-6-13(12(16)8-10)20-15-9-11(18-2)5-7-14(15)19-3/h4-9H,16H2,1-3H3. The van der Waals surface area contributed by atoms with E-state index in [0.29, 0.717) is 34.4 Å². The lowest BCUT2D eigenvalue weighted by Crippen LogP contribution is -1.96. The molecule has 0 amide bonds. The molecule has 0 saturated carbocycles. The molecule has 0 spiro atoms. The predicted octanol–water partition coefficient (Wildman–Crippen LogP) is 3.09. The van der Waals surface area contributed by atoms with Gasteiger partial charge in [-0.15, -0.1) is 0 Å². The van der Waals surface area contributed by atoms with Crippen molar-refractivity contribution in [2.75, 3.05) is 27.1 Å². The number of ether oxygens (including phenoxy) is 4. The van der Waals surface area contributed by atoms with Crippen LogP contribution >= 0.6 is 0 Å². The van der Waals surface area contributed by atoms with Crippen molar-refractivity contribution in [1.29, 1.82) is 0 Å². The van der Waals surface area contributed by atoms with Gasteiger partial charge in [-0.2, -0.15) is 0 Å². The van der Waals surface area contributed by atoms with Crippen LogP contribution in [0.3, 0.4) is 0 Å². The molecule has 2 aromatic rings. The molecular weight excluding hydrogens is 258 g/mol. The predicted molar refractivity (Wildman–Crippen MR) is 77.0 cm³/mol. The Labute approximate surface area is 117 Å². The van der Waals surface area contributed by atoms with Crippen molar-refractivity contribution < 1.29 is 18.9 Å². The van der Waals surface area contributed by atoms with Gasteiger partial charge >= 0.3 is 0 Å². The Balaban J connectivity index is 2.33.